The highest BCUT2D eigenvalue weighted by atomic mass is 35.5. The molecule has 0 fully saturated rings. The van der Waals surface area contributed by atoms with E-state index < -0.39 is 6.04 Å². The lowest BCUT2D eigenvalue weighted by Crippen LogP contribution is -2.50. The predicted octanol–water partition coefficient (Wildman–Crippen LogP) is 6.30. The predicted molar refractivity (Wildman–Crippen MR) is 146 cm³/mol. The maximum Gasteiger partial charge on any atom is 0.243 e. The Labute approximate surface area is 218 Å². The van der Waals surface area contributed by atoms with Gasteiger partial charge in [-0.15, -0.1) is 11.8 Å². The third kappa shape index (κ3) is 8.44. The Kier molecular flexibility index (Phi) is 10.7. The Bertz CT molecular complexity index is 1090. The first-order chi connectivity index (χ1) is 17.0. The molecule has 1 N–H and O–H groups in total. The van der Waals surface area contributed by atoms with Gasteiger partial charge in [0.1, 0.15) is 6.04 Å². The number of nitrogens with zero attached hydrogens (tertiary/aromatic N) is 1. The van der Waals surface area contributed by atoms with Crippen molar-refractivity contribution in [1.29, 1.82) is 0 Å². The number of benzene rings is 3. The highest BCUT2D eigenvalue weighted by molar-refractivity contribution is 7.99. The average molecular weight is 509 g/mol. The molecule has 1 atom stereocenters. The van der Waals surface area contributed by atoms with Crippen molar-refractivity contribution < 1.29 is 9.59 Å². The van der Waals surface area contributed by atoms with Gasteiger partial charge in [-0.1, -0.05) is 66.2 Å². The first-order valence-electron chi connectivity index (χ1n) is 12.0. The van der Waals surface area contributed by atoms with Crippen LogP contribution in [0.2, 0.25) is 5.02 Å². The average Bonchev–Trinajstić information content (AvgIpc) is 2.86. The van der Waals surface area contributed by atoms with Gasteiger partial charge in [0.05, 0.1) is 0 Å². The molecule has 3 aromatic rings. The quantitative estimate of drug-likeness (QED) is 0.231. The van der Waals surface area contributed by atoms with Gasteiger partial charge in [0, 0.05) is 35.8 Å². The molecule has 0 spiro atoms. The van der Waals surface area contributed by atoms with Gasteiger partial charge in [-0.05, 0) is 67.0 Å². The summed E-state index contributed by atoms with van der Waals surface area (Å²) in [5, 5.41) is 3.66. The van der Waals surface area contributed by atoms with E-state index in [1.165, 1.54) is 0 Å². The summed E-state index contributed by atoms with van der Waals surface area (Å²) in [6, 6.07) is 25.1. The van der Waals surface area contributed by atoms with Crippen molar-refractivity contribution in [2.75, 3.05) is 12.3 Å². The van der Waals surface area contributed by atoms with Crippen LogP contribution in [0.3, 0.4) is 0 Å². The number of rotatable bonds is 12. The molecule has 0 heterocycles. The number of amides is 2. The molecule has 0 radical (unpaired) electrons. The molecule has 6 heteroatoms. The summed E-state index contributed by atoms with van der Waals surface area (Å²) in [6.07, 6.45) is 1.59. The largest absolute Gasteiger partial charge is 0.355 e. The van der Waals surface area contributed by atoms with Crippen LogP contribution in [0.25, 0.3) is 0 Å². The van der Waals surface area contributed by atoms with Crippen LogP contribution in [-0.2, 0) is 22.6 Å². The maximum absolute atomic E-state index is 13.6. The van der Waals surface area contributed by atoms with Gasteiger partial charge in [0.25, 0.3) is 0 Å². The molecule has 3 rings (SSSR count). The molecule has 0 unspecified atom stereocenters. The van der Waals surface area contributed by atoms with Crippen LogP contribution >= 0.6 is 23.4 Å². The van der Waals surface area contributed by atoms with Gasteiger partial charge in [-0.2, -0.15) is 0 Å². The van der Waals surface area contributed by atoms with Crippen molar-refractivity contribution in [3.05, 3.63) is 101 Å². The van der Waals surface area contributed by atoms with Gasteiger partial charge in [0.15, 0.2) is 0 Å². The van der Waals surface area contributed by atoms with Crippen LogP contribution in [0, 0.1) is 6.92 Å². The van der Waals surface area contributed by atoms with E-state index >= 15 is 0 Å². The van der Waals surface area contributed by atoms with Gasteiger partial charge >= 0.3 is 0 Å². The second-order valence-corrected chi connectivity index (χ2v) is 10.1. The molecule has 0 aliphatic carbocycles. The highest BCUT2D eigenvalue weighted by Gasteiger charge is 2.30. The van der Waals surface area contributed by atoms with Gasteiger partial charge in [-0.25, -0.2) is 0 Å². The number of hydrogen-bond donors (Lipinski definition) is 1. The second kappa shape index (κ2) is 14.0. The summed E-state index contributed by atoms with van der Waals surface area (Å²) >= 11 is 7.68. The lowest BCUT2D eigenvalue weighted by Gasteiger charge is -2.32. The zero-order valence-electron chi connectivity index (χ0n) is 20.4. The van der Waals surface area contributed by atoms with Gasteiger partial charge < -0.3 is 10.2 Å². The fraction of sp³-hybridized carbons (Fsp3) is 0.310. The third-order valence-electron chi connectivity index (χ3n) is 5.84. The number of carbonyl (C=O) groups excluding carboxylic acids is 2. The number of aryl methyl sites for hydroxylation is 1. The van der Waals surface area contributed by atoms with E-state index in [-0.39, 0.29) is 11.8 Å². The molecular weight excluding hydrogens is 476 g/mol. The molecule has 0 saturated heterocycles. The van der Waals surface area contributed by atoms with E-state index in [2.05, 4.69) is 5.32 Å². The zero-order chi connectivity index (χ0) is 25.0. The first-order valence-corrected chi connectivity index (χ1v) is 13.4. The van der Waals surface area contributed by atoms with E-state index in [1.54, 1.807) is 16.7 Å². The minimum absolute atomic E-state index is 0.00265. The van der Waals surface area contributed by atoms with E-state index in [9.17, 15) is 9.59 Å². The van der Waals surface area contributed by atoms with E-state index in [1.807, 2.05) is 92.7 Å². The molecule has 0 bridgehead atoms. The summed E-state index contributed by atoms with van der Waals surface area (Å²) in [4.78, 5) is 29.7. The summed E-state index contributed by atoms with van der Waals surface area (Å²) in [5.41, 5.74) is 3.20. The summed E-state index contributed by atoms with van der Waals surface area (Å²) in [5.74, 6) is 0.696. The van der Waals surface area contributed by atoms with Crippen LogP contribution in [0.5, 0.6) is 0 Å². The first kappa shape index (κ1) is 26.8. The molecule has 0 aromatic heterocycles. The topological polar surface area (TPSA) is 49.4 Å². The highest BCUT2D eigenvalue weighted by Crippen LogP contribution is 2.23. The number of likely N-dealkylation sites (N-methyl/N-ethyl adjacent to an activating group) is 1. The number of carbonyl (C=O) groups is 2. The molecular formula is C29H33ClN2O2S. The van der Waals surface area contributed by atoms with E-state index in [4.69, 9.17) is 11.6 Å². The van der Waals surface area contributed by atoms with Crippen LogP contribution in [0.15, 0.2) is 83.8 Å². The molecule has 35 heavy (non-hydrogen) atoms. The smallest absolute Gasteiger partial charge is 0.243 e. The Hall–Kier alpha value is -2.76. The molecule has 0 aliphatic rings. The molecule has 0 saturated carbocycles. The molecule has 184 valence electrons. The molecule has 4 nitrogen and oxygen atoms in total. The normalized spacial score (nSPS) is 11.6. The maximum atomic E-state index is 13.6. The fourth-order valence-corrected chi connectivity index (χ4v) is 4.88. The summed E-state index contributed by atoms with van der Waals surface area (Å²) in [7, 11) is 0. The minimum Gasteiger partial charge on any atom is -0.355 e. The Morgan fingerprint density at radius 3 is 2.34 bits per heavy atom. The zero-order valence-corrected chi connectivity index (χ0v) is 21.9. The Morgan fingerprint density at radius 2 is 1.66 bits per heavy atom. The summed E-state index contributed by atoms with van der Waals surface area (Å²) < 4.78 is 0. The van der Waals surface area contributed by atoms with Crippen LogP contribution in [0.4, 0.5) is 0 Å². The van der Waals surface area contributed by atoms with Crippen molar-refractivity contribution >= 4 is 35.2 Å². The van der Waals surface area contributed by atoms with Gasteiger partial charge in [-0.3, -0.25) is 9.59 Å². The minimum atomic E-state index is -0.576. The SMILES string of the molecule is CCNC(=O)[C@H](Cc1ccccc1)N(Cc1ccccc1C)C(=O)CCCSc1ccc(Cl)cc1. The van der Waals surface area contributed by atoms with E-state index in [0.29, 0.717) is 31.0 Å². The van der Waals surface area contributed by atoms with Crippen LogP contribution < -0.4 is 5.32 Å². The third-order valence-corrected chi connectivity index (χ3v) is 7.19. The van der Waals surface area contributed by atoms with Crippen molar-refractivity contribution in [2.24, 2.45) is 0 Å². The van der Waals surface area contributed by atoms with E-state index in [0.717, 1.165) is 33.8 Å². The molecule has 0 aliphatic heterocycles. The van der Waals surface area contributed by atoms with Crippen molar-refractivity contribution in [2.45, 2.75) is 50.6 Å². The summed E-state index contributed by atoms with van der Waals surface area (Å²) in [6.45, 7) is 4.87. The van der Waals surface area contributed by atoms with Crippen molar-refractivity contribution in [1.82, 2.24) is 10.2 Å². The monoisotopic (exact) mass is 508 g/mol. The number of halogens is 1. The number of nitrogens with one attached hydrogen (secondary N) is 1. The van der Waals surface area contributed by atoms with Crippen LogP contribution in [-0.4, -0.2) is 35.1 Å². The number of hydrogen-bond acceptors (Lipinski definition) is 3. The van der Waals surface area contributed by atoms with Crippen molar-refractivity contribution in [3.8, 4) is 0 Å². The lowest BCUT2D eigenvalue weighted by molar-refractivity contribution is -0.141. The standard InChI is InChI=1S/C29H33ClN2O2S/c1-3-31-29(34)27(20-23-11-5-4-6-12-23)32(21-24-13-8-7-10-22(24)2)28(33)14-9-19-35-26-17-15-25(30)16-18-26/h4-8,10-13,15-18,27H,3,9,14,19-21H2,1-2H3,(H,31,34)/t27-/m0/s1. The van der Waals surface area contributed by atoms with Crippen molar-refractivity contribution in [3.63, 3.8) is 0 Å². The van der Waals surface area contributed by atoms with Crippen LogP contribution in [0.1, 0.15) is 36.5 Å². The molecule has 3 aromatic carbocycles. The molecule has 2 amide bonds. The second-order valence-electron chi connectivity index (χ2n) is 8.45. The van der Waals surface area contributed by atoms with Gasteiger partial charge in [0.2, 0.25) is 11.8 Å². The lowest BCUT2D eigenvalue weighted by atomic mass is 10.0. The fourth-order valence-electron chi connectivity index (χ4n) is 3.90. The Balaban J connectivity index is 1.77. The Morgan fingerprint density at radius 1 is 0.971 bits per heavy atom. The number of thioether (sulfide) groups is 1.